The van der Waals surface area contributed by atoms with Gasteiger partial charge in [-0.1, -0.05) is 18.2 Å². The van der Waals surface area contributed by atoms with Crippen molar-refractivity contribution in [2.24, 2.45) is 0 Å². The van der Waals surface area contributed by atoms with Gasteiger partial charge in [0.05, 0.1) is 12.2 Å². The molecule has 1 heterocycles. The van der Waals surface area contributed by atoms with Crippen molar-refractivity contribution in [1.82, 2.24) is 15.8 Å². The van der Waals surface area contributed by atoms with Gasteiger partial charge in [-0.15, -0.1) is 0 Å². The topological polar surface area (TPSA) is 74.0 Å². The quantitative estimate of drug-likeness (QED) is 0.736. The predicted molar refractivity (Wildman–Crippen MR) is 76.7 cm³/mol. The normalized spacial score (nSPS) is 10.4. The van der Waals surface area contributed by atoms with Crippen molar-refractivity contribution in [3.63, 3.8) is 0 Å². The first-order valence-electron chi connectivity index (χ1n) is 5.82. The molecule has 0 unspecified atom stereocenters. The fraction of sp³-hybridized carbons (Fsp3) is 0.231. The zero-order chi connectivity index (χ0) is 13.7. The number of aromatic nitrogens is 1. The van der Waals surface area contributed by atoms with Gasteiger partial charge in [-0.25, -0.2) is 0 Å². The number of hydrogen-bond donors (Lipinski definition) is 3. The van der Waals surface area contributed by atoms with Crippen molar-refractivity contribution in [2.45, 2.75) is 6.42 Å². The molecule has 0 spiro atoms. The second kappa shape index (κ2) is 6.29. The molecule has 0 atom stereocenters. The summed E-state index contributed by atoms with van der Waals surface area (Å²) in [7, 11) is 0. The minimum atomic E-state index is -0.237. The third kappa shape index (κ3) is 3.51. The molecule has 19 heavy (non-hydrogen) atoms. The van der Waals surface area contributed by atoms with Gasteiger partial charge >= 0.3 is 0 Å². The molecule has 0 aliphatic carbocycles. The molecule has 100 valence electrons. The van der Waals surface area contributed by atoms with Gasteiger partial charge in [0.15, 0.2) is 0 Å². The number of fused-ring (bicyclic) bond motifs is 1. The first-order valence-corrected chi connectivity index (χ1v) is 7.21. The molecule has 0 radical (unpaired) electrons. The lowest BCUT2D eigenvalue weighted by Gasteiger charge is -2.06. The molecule has 0 bridgehead atoms. The summed E-state index contributed by atoms with van der Waals surface area (Å²) in [5.74, 6) is -0.119. The van der Waals surface area contributed by atoms with Crippen molar-refractivity contribution < 1.29 is 9.59 Å². The Balaban J connectivity index is 1.94. The maximum Gasteiger partial charge on any atom is 0.248 e. The number of hydrogen-bond acceptors (Lipinski definition) is 3. The van der Waals surface area contributed by atoms with E-state index in [1.165, 1.54) is 11.8 Å². The van der Waals surface area contributed by atoms with Crippen molar-refractivity contribution in [3.05, 3.63) is 36.0 Å². The lowest BCUT2D eigenvalue weighted by molar-refractivity contribution is -0.127. The first kappa shape index (κ1) is 13.5. The van der Waals surface area contributed by atoms with Crippen LogP contribution in [0.3, 0.4) is 0 Å². The Labute approximate surface area is 115 Å². The molecule has 6 heteroatoms. The standard InChI is InChI=1S/C13H15N3O2S/c1-19-8-13(18)16-15-12(17)6-9-7-14-11-5-3-2-4-10(9)11/h2-5,7,14H,6,8H2,1H3,(H,15,17)(H,16,18). The van der Waals surface area contributed by atoms with E-state index < -0.39 is 0 Å². The zero-order valence-electron chi connectivity index (χ0n) is 10.5. The number of aromatic amines is 1. The highest BCUT2D eigenvalue weighted by Gasteiger charge is 2.09. The molecule has 0 saturated heterocycles. The fourth-order valence-electron chi connectivity index (χ4n) is 1.80. The number of thioether (sulfide) groups is 1. The van der Waals surface area contributed by atoms with Gasteiger partial charge in [-0.2, -0.15) is 11.8 Å². The minimum absolute atomic E-state index is 0.209. The molecule has 2 amide bonds. The van der Waals surface area contributed by atoms with Crippen LogP contribution in [0.1, 0.15) is 5.56 Å². The van der Waals surface area contributed by atoms with E-state index in [9.17, 15) is 9.59 Å². The Morgan fingerprint density at radius 3 is 2.74 bits per heavy atom. The smallest absolute Gasteiger partial charge is 0.248 e. The van der Waals surface area contributed by atoms with Crippen molar-refractivity contribution in [1.29, 1.82) is 0 Å². The Hall–Kier alpha value is -1.95. The number of benzene rings is 1. The average molecular weight is 277 g/mol. The van der Waals surface area contributed by atoms with Crippen molar-refractivity contribution >= 4 is 34.5 Å². The van der Waals surface area contributed by atoms with Crippen molar-refractivity contribution in [2.75, 3.05) is 12.0 Å². The monoisotopic (exact) mass is 277 g/mol. The third-order valence-corrected chi connectivity index (χ3v) is 3.19. The Kier molecular flexibility index (Phi) is 4.46. The largest absolute Gasteiger partial charge is 0.361 e. The summed E-state index contributed by atoms with van der Waals surface area (Å²) >= 11 is 1.40. The van der Waals surface area contributed by atoms with Gasteiger partial charge in [0.2, 0.25) is 11.8 Å². The lowest BCUT2D eigenvalue weighted by atomic mass is 10.1. The van der Waals surface area contributed by atoms with Gasteiger partial charge in [-0.3, -0.25) is 20.4 Å². The van der Waals surface area contributed by atoms with Crippen LogP contribution in [0.5, 0.6) is 0 Å². The SMILES string of the molecule is CSCC(=O)NNC(=O)Cc1c[nH]c2ccccc12. The van der Waals surface area contributed by atoms with Crippen LogP contribution in [0, 0.1) is 0 Å². The molecule has 3 N–H and O–H groups in total. The molecule has 0 aliphatic rings. The molecular weight excluding hydrogens is 262 g/mol. The van der Waals surface area contributed by atoms with Gasteiger partial charge in [0, 0.05) is 17.1 Å². The van der Waals surface area contributed by atoms with E-state index in [4.69, 9.17) is 0 Å². The van der Waals surface area contributed by atoms with Crippen molar-refractivity contribution in [3.8, 4) is 0 Å². The number of carbonyl (C=O) groups is 2. The van der Waals surface area contributed by atoms with Crippen LogP contribution in [0.25, 0.3) is 10.9 Å². The van der Waals surface area contributed by atoms with Crippen LogP contribution >= 0.6 is 11.8 Å². The maximum atomic E-state index is 11.7. The van der Waals surface area contributed by atoms with Crippen LogP contribution in [0.2, 0.25) is 0 Å². The zero-order valence-corrected chi connectivity index (χ0v) is 11.3. The summed E-state index contributed by atoms with van der Waals surface area (Å²) in [6.45, 7) is 0. The summed E-state index contributed by atoms with van der Waals surface area (Å²) in [6.07, 6.45) is 3.87. The first-order chi connectivity index (χ1) is 9.20. The Morgan fingerprint density at radius 2 is 1.95 bits per heavy atom. The van der Waals surface area contributed by atoms with E-state index in [1.54, 1.807) is 0 Å². The number of carbonyl (C=O) groups excluding carboxylic acids is 2. The van der Waals surface area contributed by atoms with Crippen LogP contribution in [0.4, 0.5) is 0 Å². The van der Waals surface area contributed by atoms with E-state index in [1.807, 2.05) is 36.7 Å². The maximum absolute atomic E-state index is 11.7. The number of para-hydroxylation sites is 1. The summed E-state index contributed by atoms with van der Waals surface area (Å²) in [4.78, 5) is 26.0. The number of amides is 2. The van der Waals surface area contributed by atoms with Gasteiger partial charge in [0.1, 0.15) is 0 Å². The number of nitrogens with one attached hydrogen (secondary N) is 3. The second-order valence-electron chi connectivity index (χ2n) is 4.07. The van der Waals surface area contributed by atoms with Gasteiger partial charge in [-0.05, 0) is 17.9 Å². The van der Waals surface area contributed by atoms with Gasteiger partial charge < -0.3 is 4.98 Å². The Bertz CT molecular complexity index is 594. The number of rotatable bonds is 4. The summed E-state index contributed by atoms with van der Waals surface area (Å²) in [6, 6.07) is 7.78. The van der Waals surface area contributed by atoms with E-state index >= 15 is 0 Å². The molecule has 0 fully saturated rings. The Morgan fingerprint density at radius 1 is 1.21 bits per heavy atom. The van der Waals surface area contributed by atoms with E-state index in [0.29, 0.717) is 5.75 Å². The third-order valence-electron chi connectivity index (χ3n) is 2.64. The molecule has 2 aromatic rings. The van der Waals surface area contributed by atoms with Crippen LogP contribution in [-0.4, -0.2) is 28.8 Å². The number of hydrazine groups is 1. The van der Waals surface area contributed by atoms with E-state index in [2.05, 4.69) is 15.8 Å². The van der Waals surface area contributed by atoms with E-state index in [-0.39, 0.29) is 18.2 Å². The molecule has 5 nitrogen and oxygen atoms in total. The molecule has 0 aliphatic heterocycles. The summed E-state index contributed by atoms with van der Waals surface area (Å²) < 4.78 is 0. The molecule has 2 rings (SSSR count). The number of H-pyrrole nitrogens is 1. The highest BCUT2D eigenvalue weighted by Crippen LogP contribution is 2.17. The average Bonchev–Trinajstić information content (AvgIpc) is 2.80. The lowest BCUT2D eigenvalue weighted by Crippen LogP contribution is -2.43. The van der Waals surface area contributed by atoms with E-state index in [0.717, 1.165) is 16.5 Å². The predicted octanol–water partition coefficient (Wildman–Crippen LogP) is 1.22. The van der Waals surface area contributed by atoms with Gasteiger partial charge in [0.25, 0.3) is 0 Å². The minimum Gasteiger partial charge on any atom is -0.361 e. The highest BCUT2D eigenvalue weighted by atomic mass is 32.2. The summed E-state index contributed by atoms with van der Waals surface area (Å²) in [5.41, 5.74) is 6.69. The molecular formula is C13H15N3O2S. The van der Waals surface area contributed by atoms with Crippen LogP contribution < -0.4 is 10.9 Å². The second-order valence-corrected chi connectivity index (χ2v) is 4.93. The highest BCUT2D eigenvalue weighted by molar-refractivity contribution is 7.99. The summed E-state index contributed by atoms with van der Waals surface area (Å²) in [5, 5.41) is 1.02. The molecule has 1 aromatic heterocycles. The molecule has 1 aromatic carbocycles. The van der Waals surface area contributed by atoms with Crippen LogP contribution in [-0.2, 0) is 16.0 Å². The van der Waals surface area contributed by atoms with Crippen LogP contribution in [0.15, 0.2) is 30.5 Å². The fourth-order valence-corrected chi connectivity index (χ4v) is 2.14. The molecule has 0 saturated carbocycles.